The summed E-state index contributed by atoms with van der Waals surface area (Å²) in [6, 6.07) is 11.8. The molecule has 0 fully saturated rings. The molecule has 1 aliphatic heterocycles. The molecule has 3 rings (SSSR count). The lowest BCUT2D eigenvalue weighted by atomic mass is 10.1. The lowest BCUT2D eigenvalue weighted by molar-refractivity contribution is -0.384. The highest BCUT2D eigenvalue weighted by Gasteiger charge is 2.32. The van der Waals surface area contributed by atoms with E-state index in [-0.39, 0.29) is 17.0 Å². The van der Waals surface area contributed by atoms with Gasteiger partial charge in [-0.3, -0.25) is 14.9 Å². The number of anilines is 2. The summed E-state index contributed by atoms with van der Waals surface area (Å²) in [5.41, 5.74) is 1.34. The van der Waals surface area contributed by atoms with E-state index in [1.54, 1.807) is 12.1 Å². The van der Waals surface area contributed by atoms with E-state index >= 15 is 0 Å². The summed E-state index contributed by atoms with van der Waals surface area (Å²) in [7, 11) is 0.366. The van der Waals surface area contributed by atoms with Gasteiger partial charge in [-0.25, -0.2) is 8.42 Å². The van der Waals surface area contributed by atoms with Crippen LogP contribution in [0.2, 0.25) is 0 Å². The van der Waals surface area contributed by atoms with E-state index in [1.165, 1.54) is 35.2 Å². The van der Waals surface area contributed by atoms with Crippen LogP contribution < -0.4 is 9.80 Å². The second kappa shape index (κ2) is 7.43. The molecule has 8 nitrogen and oxygen atoms in total. The predicted molar refractivity (Wildman–Crippen MR) is 107 cm³/mol. The number of non-ortho nitro benzene ring substituents is 1. The molecule has 146 valence electrons. The van der Waals surface area contributed by atoms with Gasteiger partial charge in [0.05, 0.1) is 16.7 Å². The Bertz CT molecular complexity index is 1050. The van der Waals surface area contributed by atoms with Gasteiger partial charge in [-0.2, -0.15) is 0 Å². The monoisotopic (exact) mass is 401 g/mol. The summed E-state index contributed by atoms with van der Waals surface area (Å²) >= 11 is 0. The maximum absolute atomic E-state index is 13.2. The van der Waals surface area contributed by atoms with Crippen LogP contribution in [-0.2, 0) is 9.84 Å². The molecule has 1 amide bonds. The highest BCUT2D eigenvalue weighted by atomic mass is 32.2. The minimum atomic E-state index is -3.40. The highest BCUT2D eigenvalue weighted by Crippen LogP contribution is 2.27. The average Bonchev–Trinajstić information content (AvgIpc) is 3.01. The molecule has 1 atom stereocenters. The van der Waals surface area contributed by atoms with Crippen molar-refractivity contribution >= 4 is 32.8 Å². The van der Waals surface area contributed by atoms with Gasteiger partial charge in [-0.1, -0.05) is 6.07 Å². The van der Waals surface area contributed by atoms with Crippen molar-refractivity contribution < 1.29 is 18.1 Å². The molecule has 9 heteroatoms. The quantitative estimate of drug-likeness (QED) is 0.564. The molecule has 2 aromatic carbocycles. The molecule has 0 spiro atoms. The van der Waals surface area contributed by atoms with Crippen LogP contribution in [0.25, 0.3) is 0 Å². The van der Waals surface area contributed by atoms with Crippen molar-refractivity contribution in [3.8, 4) is 0 Å². The molecule has 1 aliphatic rings. The number of nitro groups is 1. The van der Waals surface area contributed by atoms with Crippen molar-refractivity contribution in [2.45, 2.75) is 6.04 Å². The zero-order valence-electron chi connectivity index (χ0n) is 15.3. The molecular weight excluding hydrogens is 382 g/mol. The summed E-state index contributed by atoms with van der Waals surface area (Å²) in [5.74, 6) is -0.739. The summed E-state index contributed by atoms with van der Waals surface area (Å²) in [5, 5.41) is 12.1. The van der Waals surface area contributed by atoms with Crippen molar-refractivity contribution in [3.63, 3.8) is 0 Å². The summed E-state index contributed by atoms with van der Waals surface area (Å²) in [4.78, 5) is 26.9. The fraction of sp³-hybridized carbons (Fsp3) is 0.211. The standard InChI is InChI=1S/C19H19N3O5S/c1-20(2)15-6-8-16(9-7-15)21(18-10-11-28(26,27)13-18)19(23)14-4-3-5-17(12-14)22(24)25/h3-12,18H,13H2,1-2H3. The number of carbonyl (C=O) groups is 1. The third-order valence-electron chi connectivity index (χ3n) is 4.41. The van der Waals surface area contributed by atoms with E-state index < -0.39 is 26.7 Å². The molecular formula is C19H19N3O5S. The Balaban J connectivity index is 2.03. The largest absolute Gasteiger partial charge is 0.378 e. The Labute approximate surface area is 162 Å². The van der Waals surface area contributed by atoms with E-state index in [9.17, 15) is 23.3 Å². The Morgan fingerprint density at radius 1 is 1.11 bits per heavy atom. The van der Waals surface area contributed by atoms with Gasteiger partial charge < -0.3 is 9.80 Å². The molecule has 1 unspecified atom stereocenters. The number of nitrogens with zero attached hydrogens (tertiary/aromatic N) is 3. The molecule has 0 N–H and O–H groups in total. The Hall–Kier alpha value is -3.20. The van der Waals surface area contributed by atoms with Crippen molar-refractivity contribution in [2.75, 3.05) is 29.6 Å². The second-order valence-electron chi connectivity index (χ2n) is 6.62. The van der Waals surface area contributed by atoms with Crippen LogP contribution in [0.1, 0.15) is 10.4 Å². The molecule has 0 aliphatic carbocycles. The fourth-order valence-electron chi connectivity index (χ4n) is 2.98. The first kappa shape index (κ1) is 19.6. The van der Waals surface area contributed by atoms with Crippen molar-refractivity contribution in [1.82, 2.24) is 0 Å². The lowest BCUT2D eigenvalue weighted by Gasteiger charge is -2.28. The number of amides is 1. The zero-order valence-corrected chi connectivity index (χ0v) is 16.2. The number of hydrogen-bond acceptors (Lipinski definition) is 6. The number of hydrogen-bond donors (Lipinski definition) is 0. The second-order valence-corrected chi connectivity index (χ2v) is 8.55. The third-order valence-corrected chi connectivity index (χ3v) is 5.79. The van der Waals surface area contributed by atoms with Crippen LogP contribution in [0, 0.1) is 10.1 Å². The number of nitro benzene ring substituents is 1. The molecule has 0 bridgehead atoms. The number of benzene rings is 2. The van der Waals surface area contributed by atoms with Gasteiger partial charge in [-0.05, 0) is 36.4 Å². The van der Waals surface area contributed by atoms with Crippen LogP contribution in [0.15, 0.2) is 60.0 Å². The van der Waals surface area contributed by atoms with E-state index in [1.807, 2.05) is 31.1 Å². The van der Waals surface area contributed by atoms with E-state index in [0.29, 0.717) is 5.69 Å². The van der Waals surface area contributed by atoms with Crippen molar-refractivity contribution in [3.05, 3.63) is 75.7 Å². The number of sulfone groups is 1. The first-order chi connectivity index (χ1) is 13.2. The molecule has 1 heterocycles. The third kappa shape index (κ3) is 4.04. The first-order valence-electron chi connectivity index (χ1n) is 8.44. The van der Waals surface area contributed by atoms with Gasteiger partial charge in [-0.15, -0.1) is 0 Å². The zero-order chi connectivity index (χ0) is 20.5. The minimum absolute atomic E-state index is 0.114. The normalized spacial score (nSPS) is 17.3. The Kier molecular flexibility index (Phi) is 5.19. The van der Waals surface area contributed by atoms with Gasteiger partial charge >= 0.3 is 0 Å². The SMILES string of the molecule is CN(C)c1ccc(N(C(=O)c2cccc([N+](=O)[O-])c2)C2C=CS(=O)(=O)C2)cc1. The summed E-state index contributed by atoms with van der Waals surface area (Å²) in [6.45, 7) is 0. The van der Waals surface area contributed by atoms with Gasteiger partial charge in [0.25, 0.3) is 11.6 Å². The van der Waals surface area contributed by atoms with Crippen LogP contribution in [0.5, 0.6) is 0 Å². The molecule has 2 aromatic rings. The maximum Gasteiger partial charge on any atom is 0.270 e. The number of rotatable bonds is 5. The Morgan fingerprint density at radius 2 is 1.75 bits per heavy atom. The van der Waals surface area contributed by atoms with Gasteiger partial charge in [0, 0.05) is 48.6 Å². The fourth-order valence-corrected chi connectivity index (χ4v) is 4.25. The smallest absolute Gasteiger partial charge is 0.270 e. The van der Waals surface area contributed by atoms with E-state index in [2.05, 4.69) is 0 Å². The summed E-state index contributed by atoms with van der Waals surface area (Å²) < 4.78 is 23.8. The van der Waals surface area contributed by atoms with Gasteiger partial charge in [0.1, 0.15) is 0 Å². The maximum atomic E-state index is 13.2. The molecule has 0 saturated carbocycles. The average molecular weight is 401 g/mol. The first-order valence-corrected chi connectivity index (χ1v) is 10.2. The summed E-state index contributed by atoms with van der Waals surface area (Å²) in [6.07, 6.45) is 1.46. The van der Waals surface area contributed by atoms with Crippen molar-refractivity contribution in [1.29, 1.82) is 0 Å². The van der Waals surface area contributed by atoms with E-state index in [4.69, 9.17) is 0 Å². The van der Waals surface area contributed by atoms with Crippen molar-refractivity contribution in [2.24, 2.45) is 0 Å². The van der Waals surface area contributed by atoms with Crippen LogP contribution in [0.4, 0.5) is 17.1 Å². The van der Waals surface area contributed by atoms with Gasteiger partial charge in [0.2, 0.25) is 0 Å². The van der Waals surface area contributed by atoms with Crippen LogP contribution in [0.3, 0.4) is 0 Å². The molecule has 0 saturated heterocycles. The Morgan fingerprint density at radius 3 is 2.29 bits per heavy atom. The topological polar surface area (TPSA) is 101 Å². The predicted octanol–water partition coefficient (Wildman–Crippen LogP) is 2.62. The highest BCUT2D eigenvalue weighted by molar-refractivity contribution is 7.94. The molecule has 28 heavy (non-hydrogen) atoms. The molecule has 0 radical (unpaired) electrons. The molecule has 0 aromatic heterocycles. The number of carbonyl (C=O) groups excluding carboxylic acids is 1. The lowest BCUT2D eigenvalue weighted by Crippen LogP contribution is -2.41. The van der Waals surface area contributed by atoms with E-state index in [0.717, 1.165) is 11.1 Å². The van der Waals surface area contributed by atoms with Crippen LogP contribution >= 0.6 is 0 Å². The van der Waals surface area contributed by atoms with Gasteiger partial charge in [0.15, 0.2) is 9.84 Å². The van der Waals surface area contributed by atoms with Crippen LogP contribution in [-0.4, -0.2) is 45.1 Å². The minimum Gasteiger partial charge on any atom is -0.378 e.